The number of imidazole rings is 1. The minimum atomic E-state index is -0.0112. The van der Waals surface area contributed by atoms with Crippen LogP contribution in [0.25, 0.3) is 22.2 Å². The molecule has 1 aromatic heterocycles. The summed E-state index contributed by atoms with van der Waals surface area (Å²) in [6.07, 6.45) is 2.23. The molecule has 0 spiro atoms. The fourth-order valence-corrected chi connectivity index (χ4v) is 4.89. The summed E-state index contributed by atoms with van der Waals surface area (Å²) in [6, 6.07) is 35.0. The molecule has 40 heavy (non-hydrogen) atoms. The van der Waals surface area contributed by atoms with Crippen LogP contribution in [0.1, 0.15) is 49.6 Å². The van der Waals surface area contributed by atoms with Gasteiger partial charge in [0.25, 0.3) is 0 Å². The molecule has 0 aliphatic heterocycles. The van der Waals surface area contributed by atoms with Gasteiger partial charge in [-0.05, 0) is 65.3 Å². The van der Waals surface area contributed by atoms with Crippen molar-refractivity contribution < 1.29 is 9.53 Å². The van der Waals surface area contributed by atoms with Crippen LogP contribution in [0.4, 0.5) is 0 Å². The lowest BCUT2D eigenvalue weighted by molar-refractivity contribution is -0.120. The molecule has 1 heterocycles. The molecule has 5 heteroatoms. The van der Waals surface area contributed by atoms with Crippen LogP contribution in [-0.2, 0) is 24.3 Å². The van der Waals surface area contributed by atoms with Crippen molar-refractivity contribution >= 4 is 16.9 Å². The number of para-hydroxylation sites is 2. The Morgan fingerprint density at radius 3 is 2.27 bits per heavy atom. The van der Waals surface area contributed by atoms with E-state index < -0.39 is 0 Å². The third-order valence-electron chi connectivity index (χ3n) is 7.19. The smallest absolute Gasteiger partial charge is 0.224 e. The van der Waals surface area contributed by atoms with Crippen LogP contribution in [0, 0.1) is 0 Å². The number of nitrogens with one attached hydrogen (secondary N) is 1. The number of aryl methyl sites for hydroxylation is 1. The SMILES string of the molecule is CC(C)c1ccc(OCCCCn2c(CNC(=O)Cc3ccc(-c4ccccc4)cc3)nc3ccccc32)cc1. The highest BCUT2D eigenvalue weighted by Gasteiger charge is 2.12. The summed E-state index contributed by atoms with van der Waals surface area (Å²) in [5.74, 6) is 2.29. The molecule has 0 saturated heterocycles. The van der Waals surface area contributed by atoms with Crippen LogP contribution in [-0.4, -0.2) is 22.1 Å². The van der Waals surface area contributed by atoms with Crippen LogP contribution in [0.15, 0.2) is 103 Å². The van der Waals surface area contributed by atoms with Crippen LogP contribution < -0.4 is 10.1 Å². The number of nitrogens with zero attached hydrogens (tertiary/aromatic N) is 2. The third kappa shape index (κ3) is 6.97. The van der Waals surface area contributed by atoms with Gasteiger partial charge in [0.2, 0.25) is 5.91 Å². The Bertz CT molecular complexity index is 1520. The summed E-state index contributed by atoms with van der Waals surface area (Å²) in [5.41, 5.74) is 6.67. The molecule has 0 aliphatic carbocycles. The molecular weight excluding hydrogens is 494 g/mol. The van der Waals surface area contributed by atoms with Gasteiger partial charge in [-0.25, -0.2) is 4.98 Å². The fraction of sp³-hybridized carbons (Fsp3) is 0.257. The first-order valence-corrected chi connectivity index (χ1v) is 14.1. The maximum Gasteiger partial charge on any atom is 0.224 e. The van der Waals surface area contributed by atoms with Crippen LogP contribution in [0.3, 0.4) is 0 Å². The van der Waals surface area contributed by atoms with Crippen LogP contribution in [0.5, 0.6) is 5.75 Å². The Morgan fingerprint density at radius 1 is 0.825 bits per heavy atom. The Balaban J connectivity index is 1.14. The summed E-state index contributed by atoms with van der Waals surface area (Å²) in [4.78, 5) is 17.6. The number of unbranched alkanes of at least 4 members (excludes halogenated alkanes) is 1. The molecule has 0 radical (unpaired) electrons. The molecule has 0 saturated carbocycles. The van der Waals surface area contributed by atoms with Crippen molar-refractivity contribution in [3.8, 4) is 16.9 Å². The molecule has 5 rings (SSSR count). The summed E-state index contributed by atoms with van der Waals surface area (Å²) < 4.78 is 8.19. The van der Waals surface area contributed by atoms with E-state index in [1.807, 2.05) is 48.5 Å². The zero-order valence-electron chi connectivity index (χ0n) is 23.3. The van der Waals surface area contributed by atoms with Crippen molar-refractivity contribution in [1.82, 2.24) is 14.9 Å². The zero-order chi connectivity index (χ0) is 27.7. The van der Waals surface area contributed by atoms with Crippen molar-refractivity contribution in [2.24, 2.45) is 0 Å². The van der Waals surface area contributed by atoms with Crippen LogP contribution in [0.2, 0.25) is 0 Å². The molecule has 0 atom stereocenters. The summed E-state index contributed by atoms with van der Waals surface area (Å²) in [5, 5.41) is 3.08. The van der Waals surface area contributed by atoms with Crippen molar-refractivity contribution in [1.29, 1.82) is 0 Å². The number of carbonyl (C=O) groups is 1. The molecule has 0 bridgehead atoms. The van der Waals surface area contributed by atoms with E-state index >= 15 is 0 Å². The number of fused-ring (bicyclic) bond motifs is 1. The second-order valence-electron chi connectivity index (χ2n) is 10.5. The standard InChI is InChI=1S/C35H37N3O2/c1-26(2)28-18-20-31(21-19-28)40-23-9-8-22-38-33-13-7-6-12-32(33)37-34(38)25-36-35(39)24-27-14-16-30(17-15-27)29-10-4-3-5-11-29/h3-7,10-21,26H,8-9,22-25H2,1-2H3,(H,36,39). The second-order valence-corrected chi connectivity index (χ2v) is 10.5. The van der Waals surface area contributed by atoms with Crippen molar-refractivity contribution in [3.63, 3.8) is 0 Å². The zero-order valence-corrected chi connectivity index (χ0v) is 23.3. The van der Waals surface area contributed by atoms with Crippen molar-refractivity contribution in [3.05, 3.63) is 120 Å². The highest BCUT2D eigenvalue weighted by molar-refractivity contribution is 5.79. The van der Waals surface area contributed by atoms with Crippen LogP contribution >= 0.6 is 0 Å². The molecule has 0 aliphatic rings. The minimum absolute atomic E-state index is 0.0112. The van der Waals surface area contributed by atoms with Gasteiger partial charge in [0, 0.05) is 6.54 Å². The van der Waals surface area contributed by atoms with E-state index in [9.17, 15) is 4.79 Å². The molecule has 0 unspecified atom stereocenters. The van der Waals surface area contributed by atoms with Gasteiger partial charge in [0.1, 0.15) is 11.6 Å². The van der Waals surface area contributed by atoms with Gasteiger partial charge >= 0.3 is 0 Å². The Labute approximate surface area is 236 Å². The molecule has 1 N–H and O–H groups in total. The fourth-order valence-electron chi connectivity index (χ4n) is 4.89. The number of ether oxygens (including phenoxy) is 1. The first-order chi connectivity index (χ1) is 19.6. The Morgan fingerprint density at radius 2 is 1.52 bits per heavy atom. The first kappa shape index (κ1) is 27.2. The van der Waals surface area contributed by atoms with Crippen molar-refractivity contribution in [2.45, 2.75) is 52.1 Å². The summed E-state index contributed by atoms with van der Waals surface area (Å²) >= 11 is 0. The van der Waals surface area contributed by atoms with E-state index in [4.69, 9.17) is 9.72 Å². The molecule has 204 valence electrons. The summed E-state index contributed by atoms with van der Waals surface area (Å²) in [7, 11) is 0. The second kappa shape index (κ2) is 13.1. The third-order valence-corrected chi connectivity index (χ3v) is 7.19. The van der Waals surface area contributed by atoms with Crippen molar-refractivity contribution in [2.75, 3.05) is 6.61 Å². The average Bonchev–Trinajstić information content (AvgIpc) is 3.34. The average molecular weight is 532 g/mol. The topological polar surface area (TPSA) is 56.1 Å². The van der Waals surface area contributed by atoms with Gasteiger partial charge in [-0.15, -0.1) is 0 Å². The lowest BCUT2D eigenvalue weighted by atomic mass is 10.0. The quantitative estimate of drug-likeness (QED) is 0.169. The normalized spacial score (nSPS) is 11.2. The molecule has 1 amide bonds. The minimum Gasteiger partial charge on any atom is -0.494 e. The molecule has 4 aromatic carbocycles. The molecule has 5 nitrogen and oxygen atoms in total. The number of aromatic nitrogens is 2. The van der Waals surface area contributed by atoms with Gasteiger partial charge in [0.15, 0.2) is 0 Å². The van der Waals surface area contributed by atoms with Gasteiger partial charge in [-0.3, -0.25) is 4.79 Å². The van der Waals surface area contributed by atoms with Gasteiger partial charge in [-0.2, -0.15) is 0 Å². The van der Waals surface area contributed by atoms with E-state index in [0.717, 1.165) is 53.1 Å². The first-order valence-electron chi connectivity index (χ1n) is 14.1. The monoisotopic (exact) mass is 531 g/mol. The maximum atomic E-state index is 12.8. The predicted octanol–water partition coefficient (Wildman–Crippen LogP) is 7.54. The molecule has 0 fully saturated rings. The van der Waals surface area contributed by atoms with Gasteiger partial charge in [0.05, 0.1) is 30.6 Å². The molecular formula is C35H37N3O2. The van der Waals surface area contributed by atoms with E-state index in [1.54, 1.807) is 0 Å². The number of amides is 1. The van der Waals surface area contributed by atoms with E-state index in [2.05, 4.69) is 78.3 Å². The lowest BCUT2D eigenvalue weighted by Gasteiger charge is -2.12. The molecule has 5 aromatic rings. The highest BCUT2D eigenvalue weighted by Crippen LogP contribution is 2.21. The van der Waals surface area contributed by atoms with E-state index in [-0.39, 0.29) is 5.91 Å². The number of carbonyl (C=O) groups excluding carboxylic acids is 1. The number of benzene rings is 4. The van der Waals surface area contributed by atoms with E-state index in [1.165, 1.54) is 11.1 Å². The number of rotatable bonds is 12. The summed E-state index contributed by atoms with van der Waals surface area (Å²) in [6.45, 7) is 6.28. The Hall–Kier alpha value is -4.38. The lowest BCUT2D eigenvalue weighted by Crippen LogP contribution is -2.26. The van der Waals surface area contributed by atoms with E-state index in [0.29, 0.717) is 25.5 Å². The van der Waals surface area contributed by atoms with Gasteiger partial charge in [-0.1, -0.05) is 92.7 Å². The predicted molar refractivity (Wildman–Crippen MR) is 162 cm³/mol. The largest absolute Gasteiger partial charge is 0.494 e. The number of hydrogen-bond acceptors (Lipinski definition) is 3. The highest BCUT2D eigenvalue weighted by atomic mass is 16.5. The number of hydrogen-bond donors (Lipinski definition) is 1. The Kier molecular flexibility index (Phi) is 8.92. The van der Waals surface area contributed by atoms with Gasteiger partial charge < -0.3 is 14.6 Å². The maximum absolute atomic E-state index is 12.8.